The molecule has 35 heavy (non-hydrogen) atoms. The van der Waals surface area contributed by atoms with E-state index in [-0.39, 0.29) is 23.8 Å². The van der Waals surface area contributed by atoms with Crippen LogP contribution in [0, 0.1) is 5.82 Å². The van der Waals surface area contributed by atoms with Gasteiger partial charge in [-0.3, -0.25) is 4.79 Å². The first-order valence-corrected chi connectivity index (χ1v) is 11.3. The molecule has 0 radical (unpaired) electrons. The van der Waals surface area contributed by atoms with Crippen molar-refractivity contribution in [1.82, 2.24) is 19.7 Å². The second-order valence-electron chi connectivity index (χ2n) is 8.42. The van der Waals surface area contributed by atoms with E-state index in [9.17, 15) is 9.18 Å². The zero-order chi connectivity index (χ0) is 23.8. The molecule has 6 rings (SSSR count). The topological polar surface area (TPSA) is 75.9 Å². The van der Waals surface area contributed by atoms with Gasteiger partial charge in [-0.05, 0) is 54.1 Å². The number of carbonyl (C=O) groups excluding carboxylic acids is 1. The van der Waals surface area contributed by atoms with Gasteiger partial charge in [0.15, 0.2) is 0 Å². The molecule has 3 aromatic carbocycles. The smallest absolute Gasteiger partial charge is 0.229 e. The van der Waals surface area contributed by atoms with Crippen molar-refractivity contribution >= 4 is 28.4 Å². The van der Waals surface area contributed by atoms with E-state index in [2.05, 4.69) is 20.4 Å². The molecular formula is C27H21FN6O. The molecule has 1 aliphatic heterocycles. The standard InChI is InChI=1S/C27H21FN6O/c28-20-7-9-21(10-8-20)34-24-12-11-22(15-19(24)17-31-34)33-25(35)16-23(32-27-29-13-4-14-30-27)26(33)18-5-2-1-3-6-18/h1-15,17,23,26H,16H2,(H,29,30,32)/t23-,26?/m0/s1. The Bertz CT molecular complexity index is 1490. The number of benzene rings is 3. The Morgan fingerprint density at radius 2 is 1.63 bits per heavy atom. The number of rotatable bonds is 5. The van der Waals surface area contributed by atoms with Gasteiger partial charge in [-0.1, -0.05) is 30.3 Å². The molecule has 0 saturated carbocycles. The molecule has 1 N–H and O–H groups in total. The predicted molar refractivity (Wildman–Crippen MR) is 132 cm³/mol. The van der Waals surface area contributed by atoms with E-state index < -0.39 is 0 Å². The zero-order valence-electron chi connectivity index (χ0n) is 18.6. The van der Waals surface area contributed by atoms with Gasteiger partial charge in [-0.15, -0.1) is 0 Å². The molecule has 1 aliphatic rings. The Morgan fingerprint density at radius 1 is 0.886 bits per heavy atom. The minimum atomic E-state index is -0.295. The van der Waals surface area contributed by atoms with Gasteiger partial charge >= 0.3 is 0 Å². The van der Waals surface area contributed by atoms with Crippen LogP contribution in [-0.4, -0.2) is 31.7 Å². The summed E-state index contributed by atoms with van der Waals surface area (Å²) in [5.41, 5.74) is 3.44. The Hall–Kier alpha value is -4.59. The molecule has 5 aromatic rings. The summed E-state index contributed by atoms with van der Waals surface area (Å²) >= 11 is 0. The minimum Gasteiger partial charge on any atom is -0.349 e. The predicted octanol–water partition coefficient (Wildman–Crippen LogP) is 4.91. The van der Waals surface area contributed by atoms with Crippen LogP contribution in [0.15, 0.2) is 97.5 Å². The summed E-state index contributed by atoms with van der Waals surface area (Å²) < 4.78 is 15.1. The lowest BCUT2D eigenvalue weighted by molar-refractivity contribution is -0.117. The van der Waals surface area contributed by atoms with Crippen molar-refractivity contribution in [3.8, 4) is 5.69 Å². The van der Waals surface area contributed by atoms with Gasteiger partial charge in [0.1, 0.15) is 5.82 Å². The molecule has 1 fully saturated rings. The first-order chi connectivity index (χ1) is 17.2. The average molecular weight is 465 g/mol. The maximum atomic E-state index is 13.4. The highest BCUT2D eigenvalue weighted by Crippen LogP contribution is 2.39. The van der Waals surface area contributed by atoms with Crippen LogP contribution in [0.25, 0.3) is 16.6 Å². The molecule has 7 nitrogen and oxygen atoms in total. The third-order valence-electron chi connectivity index (χ3n) is 6.24. The molecule has 3 heterocycles. The first kappa shape index (κ1) is 21.0. The van der Waals surface area contributed by atoms with Crippen molar-refractivity contribution < 1.29 is 9.18 Å². The molecule has 1 unspecified atom stereocenters. The van der Waals surface area contributed by atoms with Gasteiger partial charge in [0, 0.05) is 29.9 Å². The quantitative estimate of drug-likeness (QED) is 0.400. The third-order valence-corrected chi connectivity index (χ3v) is 6.24. The van der Waals surface area contributed by atoms with Gasteiger partial charge in [-0.25, -0.2) is 19.0 Å². The highest BCUT2D eigenvalue weighted by Gasteiger charge is 2.42. The van der Waals surface area contributed by atoms with Gasteiger partial charge in [0.2, 0.25) is 11.9 Å². The Balaban J connectivity index is 1.39. The van der Waals surface area contributed by atoms with Crippen molar-refractivity contribution in [3.63, 3.8) is 0 Å². The second-order valence-corrected chi connectivity index (χ2v) is 8.42. The number of hydrogen-bond acceptors (Lipinski definition) is 5. The van der Waals surface area contributed by atoms with Crippen LogP contribution in [0.5, 0.6) is 0 Å². The van der Waals surface area contributed by atoms with E-state index in [4.69, 9.17) is 0 Å². The second kappa shape index (κ2) is 8.64. The summed E-state index contributed by atoms with van der Waals surface area (Å²) in [4.78, 5) is 23.7. The van der Waals surface area contributed by atoms with Crippen LogP contribution < -0.4 is 10.2 Å². The van der Waals surface area contributed by atoms with Gasteiger partial charge in [0.25, 0.3) is 0 Å². The molecule has 172 valence electrons. The van der Waals surface area contributed by atoms with E-state index in [1.165, 1.54) is 12.1 Å². The molecular weight excluding hydrogens is 443 g/mol. The number of halogens is 1. The van der Waals surface area contributed by atoms with Crippen LogP contribution in [0.3, 0.4) is 0 Å². The summed E-state index contributed by atoms with van der Waals surface area (Å²) in [7, 11) is 0. The number of amides is 1. The lowest BCUT2D eigenvalue weighted by Crippen LogP contribution is -2.33. The molecule has 0 bridgehead atoms. The number of hydrogen-bond donors (Lipinski definition) is 1. The maximum Gasteiger partial charge on any atom is 0.229 e. The Kier molecular flexibility index (Phi) is 5.18. The Morgan fingerprint density at radius 3 is 2.40 bits per heavy atom. The fourth-order valence-electron chi connectivity index (χ4n) is 4.70. The number of aromatic nitrogens is 4. The highest BCUT2D eigenvalue weighted by molar-refractivity contribution is 5.99. The molecule has 1 amide bonds. The fourth-order valence-corrected chi connectivity index (χ4v) is 4.70. The molecule has 2 atom stereocenters. The highest BCUT2D eigenvalue weighted by atomic mass is 19.1. The van der Waals surface area contributed by atoms with Crippen molar-refractivity contribution in [2.45, 2.75) is 18.5 Å². The fraction of sp³-hybridized carbons (Fsp3) is 0.111. The Labute approximate surface area is 200 Å². The summed E-state index contributed by atoms with van der Waals surface area (Å²) in [6.07, 6.45) is 5.42. The number of fused-ring (bicyclic) bond motifs is 1. The number of nitrogens with one attached hydrogen (secondary N) is 1. The molecule has 2 aromatic heterocycles. The van der Waals surface area contributed by atoms with Crippen molar-refractivity contribution in [2.24, 2.45) is 0 Å². The van der Waals surface area contributed by atoms with Crippen molar-refractivity contribution in [2.75, 3.05) is 10.2 Å². The van der Waals surface area contributed by atoms with Crippen molar-refractivity contribution in [1.29, 1.82) is 0 Å². The van der Waals surface area contributed by atoms with Crippen LogP contribution >= 0.6 is 0 Å². The minimum absolute atomic E-state index is 0.0116. The summed E-state index contributed by atoms with van der Waals surface area (Å²) in [6.45, 7) is 0. The lowest BCUT2D eigenvalue weighted by Gasteiger charge is -2.29. The molecule has 0 aliphatic carbocycles. The SMILES string of the molecule is O=C1C[C@H](Nc2ncccn2)C(c2ccccc2)N1c1ccc2c(cnn2-c2ccc(F)cc2)c1. The molecule has 0 spiro atoms. The normalized spacial score (nSPS) is 17.7. The van der Waals surface area contributed by atoms with E-state index >= 15 is 0 Å². The monoisotopic (exact) mass is 464 g/mol. The van der Waals surface area contributed by atoms with Crippen LogP contribution in [0.2, 0.25) is 0 Å². The van der Waals surface area contributed by atoms with E-state index in [1.807, 2.05) is 53.4 Å². The lowest BCUT2D eigenvalue weighted by atomic mass is 9.99. The van der Waals surface area contributed by atoms with E-state index in [0.29, 0.717) is 12.4 Å². The van der Waals surface area contributed by atoms with Gasteiger partial charge in [0.05, 0.1) is 29.5 Å². The summed E-state index contributed by atoms with van der Waals surface area (Å²) in [5.74, 6) is 0.206. The largest absolute Gasteiger partial charge is 0.349 e. The third kappa shape index (κ3) is 3.89. The van der Waals surface area contributed by atoms with E-state index in [1.54, 1.807) is 41.5 Å². The van der Waals surface area contributed by atoms with Gasteiger partial charge < -0.3 is 10.2 Å². The maximum absolute atomic E-state index is 13.4. The van der Waals surface area contributed by atoms with Crippen LogP contribution in [0.4, 0.5) is 16.0 Å². The summed E-state index contributed by atoms with van der Waals surface area (Å²) in [6, 6.07) is 23.3. The molecule has 8 heteroatoms. The average Bonchev–Trinajstić information content (AvgIpc) is 3.46. The number of carbonyl (C=O) groups is 1. The van der Waals surface area contributed by atoms with Crippen molar-refractivity contribution in [3.05, 3.63) is 109 Å². The summed E-state index contributed by atoms with van der Waals surface area (Å²) in [5, 5.41) is 8.73. The van der Waals surface area contributed by atoms with Crippen LogP contribution in [0.1, 0.15) is 18.0 Å². The number of nitrogens with zero attached hydrogens (tertiary/aromatic N) is 5. The first-order valence-electron chi connectivity index (χ1n) is 11.3. The number of anilines is 2. The van der Waals surface area contributed by atoms with E-state index in [0.717, 1.165) is 27.8 Å². The van der Waals surface area contributed by atoms with Crippen LogP contribution in [-0.2, 0) is 4.79 Å². The van der Waals surface area contributed by atoms with Gasteiger partial charge in [-0.2, -0.15) is 5.10 Å². The molecule has 1 saturated heterocycles. The zero-order valence-corrected chi connectivity index (χ0v) is 18.6.